The second-order valence-corrected chi connectivity index (χ2v) is 12.3. The fourth-order valence-corrected chi connectivity index (χ4v) is 5.61. The van der Waals surface area contributed by atoms with E-state index in [2.05, 4.69) is 10.2 Å². The molecule has 1 saturated heterocycles. The summed E-state index contributed by atoms with van der Waals surface area (Å²) in [7, 11) is -3.31. The number of halogens is 5. The Balaban J connectivity index is 1.83. The van der Waals surface area contributed by atoms with Gasteiger partial charge in [-0.3, -0.25) is 4.79 Å². The van der Waals surface area contributed by atoms with Gasteiger partial charge in [-0.05, 0) is 80.7 Å². The number of carbonyl (C=O) groups is 1. The number of amides is 1. The van der Waals surface area contributed by atoms with Gasteiger partial charge < -0.3 is 10.2 Å². The number of benzene rings is 2. The van der Waals surface area contributed by atoms with E-state index in [0.717, 1.165) is 17.7 Å². The number of nitrogens with zero attached hydrogens (tertiary/aromatic N) is 2. The Morgan fingerprint density at radius 3 is 2.42 bits per heavy atom. The highest BCUT2D eigenvalue weighted by Gasteiger charge is 2.37. The van der Waals surface area contributed by atoms with Crippen LogP contribution in [-0.2, 0) is 33.0 Å². The van der Waals surface area contributed by atoms with Crippen molar-refractivity contribution in [3.8, 4) is 0 Å². The average molecular weight is 578 g/mol. The van der Waals surface area contributed by atoms with Crippen molar-refractivity contribution in [2.45, 2.75) is 44.8 Å². The van der Waals surface area contributed by atoms with Crippen LogP contribution in [0.3, 0.4) is 0 Å². The van der Waals surface area contributed by atoms with Gasteiger partial charge in [-0.1, -0.05) is 23.7 Å². The molecule has 1 N–H and O–H groups in total. The lowest BCUT2D eigenvalue weighted by molar-refractivity contribution is -0.138. The summed E-state index contributed by atoms with van der Waals surface area (Å²) in [6.45, 7) is 5.34. The third-order valence-electron chi connectivity index (χ3n) is 7.05. The summed E-state index contributed by atoms with van der Waals surface area (Å²) in [5.74, 6) is -1.34. The predicted molar refractivity (Wildman–Crippen MR) is 139 cm³/mol. The average Bonchev–Trinajstić information content (AvgIpc) is 3.08. The van der Waals surface area contributed by atoms with Crippen molar-refractivity contribution in [3.05, 3.63) is 69.5 Å². The van der Waals surface area contributed by atoms with Crippen molar-refractivity contribution >= 4 is 27.5 Å². The Morgan fingerprint density at radius 1 is 1.08 bits per heavy atom. The van der Waals surface area contributed by atoms with Gasteiger partial charge in [0.15, 0.2) is 0 Å². The molecule has 2 aromatic carbocycles. The van der Waals surface area contributed by atoms with Crippen molar-refractivity contribution < 1.29 is 30.8 Å². The number of hydrogen-bond acceptors (Lipinski definition) is 4. The molecule has 3 rings (SSSR count). The molecule has 1 amide bonds. The minimum absolute atomic E-state index is 0.314. The maximum Gasteiger partial charge on any atom is 0.416 e. The zero-order valence-corrected chi connectivity index (χ0v) is 23.1. The molecule has 0 bridgehead atoms. The summed E-state index contributed by atoms with van der Waals surface area (Å²) in [6.07, 6.45) is -2.57. The SMILES string of the molecule is Cc1cc(C(C)(CCN2CCCN(S(C)(=O)=O)CC2)C(=O)NCc2cc(F)ccc2C(F)(F)F)ccc1Cl. The number of nitrogens with one attached hydrogen (secondary N) is 1. The quantitative estimate of drug-likeness (QED) is 0.460. The second kappa shape index (κ2) is 11.9. The van der Waals surface area contributed by atoms with Crippen molar-refractivity contribution in [3.63, 3.8) is 0 Å². The third kappa shape index (κ3) is 7.46. The first-order valence-electron chi connectivity index (χ1n) is 12.2. The molecule has 0 aliphatic carbocycles. The second-order valence-electron chi connectivity index (χ2n) is 9.89. The summed E-state index contributed by atoms with van der Waals surface area (Å²) < 4.78 is 79.4. The van der Waals surface area contributed by atoms with Crippen LogP contribution >= 0.6 is 11.6 Å². The number of carbonyl (C=O) groups excluding carboxylic acids is 1. The molecule has 1 fully saturated rings. The standard InChI is InChI=1S/C26H32ClF4N3O3S/c1-18-15-20(5-8-23(18)27)25(2,9-12-33-10-4-11-34(14-13-33)38(3,36)37)24(35)32-17-19-16-21(28)6-7-22(19)26(29,30)31/h5-8,15-16H,4,9-14,17H2,1-3H3,(H,32,35). The van der Waals surface area contributed by atoms with Gasteiger partial charge in [-0.15, -0.1) is 0 Å². The van der Waals surface area contributed by atoms with E-state index in [0.29, 0.717) is 62.2 Å². The number of alkyl halides is 3. The summed E-state index contributed by atoms with van der Waals surface area (Å²) in [4.78, 5) is 15.7. The van der Waals surface area contributed by atoms with Gasteiger partial charge in [0.05, 0.1) is 17.2 Å². The minimum Gasteiger partial charge on any atom is -0.351 e. The first-order valence-corrected chi connectivity index (χ1v) is 14.4. The highest BCUT2D eigenvalue weighted by atomic mass is 35.5. The van der Waals surface area contributed by atoms with Crippen molar-refractivity contribution in [1.29, 1.82) is 0 Å². The van der Waals surface area contributed by atoms with Crippen LogP contribution in [0.4, 0.5) is 17.6 Å². The summed E-state index contributed by atoms with van der Waals surface area (Å²) in [6, 6.07) is 7.34. The monoisotopic (exact) mass is 577 g/mol. The van der Waals surface area contributed by atoms with E-state index in [-0.39, 0.29) is 5.56 Å². The lowest BCUT2D eigenvalue weighted by Gasteiger charge is -2.32. The molecule has 1 heterocycles. The van der Waals surface area contributed by atoms with E-state index < -0.39 is 45.4 Å². The van der Waals surface area contributed by atoms with E-state index in [9.17, 15) is 30.8 Å². The van der Waals surface area contributed by atoms with Crippen LogP contribution in [-0.4, -0.2) is 62.5 Å². The van der Waals surface area contributed by atoms with E-state index in [1.165, 1.54) is 10.6 Å². The molecular weight excluding hydrogens is 546 g/mol. The Morgan fingerprint density at radius 2 is 1.79 bits per heavy atom. The van der Waals surface area contributed by atoms with Crippen LogP contribution in [0.2, 0.25) is 5.02 Å². The number of aryl methyl sites for hydroxylation is 1. The van der Waals surface area contributed by atoms with Crippen LogP contribution in [0.25, 0.3) is 0 Å². The molecule has 0 spiro atoms. The molecule has 210 valence electrons. The van der Waals surface area contributed by atoms with E-state index >= 15 is 0 Å². The predicted octanol–water partition coefficient (Wildman–Crippen LogP) is 4.74. The minimum atomic E-state index is -4.70. The molecule has 0 radical (unpaired) electrons. The molecule has 1 aliphatic rings. The van der Waals surface area contributed by atoms with Crippen LogP contribution in [0.15, 0.2) is 36.4 Å². The number of rotatable bonds is 8. The zero-order chi connectivity index (χ0) is 28.3. The summed E-state index contributed by atoms with van der Waals surface area (Å²) in [5, 5.41) is 3.11. The first kappa shape index (κ1) is 30.3. The Kier molecular flexibility index (Phi) is 9.49. The highest BCUT2D eigenvalue weighted by molar-refractivity contribution is 7.88. The molecular formula is C26H32ClF4N3O3S. The Labute approximate surface area is 226 Å². The largest absolute Gasteiger partial charge is 0.416 e. The zero-order valence-electron chi connectivity index (χ0n) is 21.5. The van der Waals surface area contributed by atoms with E-state index in [1.54, 1.807) is 32.0 Å². The van der Waals surface area contributed by atoms with Gasteiger partial charge in [0, 0.05) is 31.2 Å². The maximum absolute atomic E-state index is 13.8. The van der Waals surface area contributed by atoms with Crippen LogP contribution in [0.5, 0.6) is 0 Å². The van der Waals surface area contributed by atoms with Crippen molar-refractivity contribution in [2.24, 2.45) is 0 Å². The van der Waals surface area contributed by atoms with Gasteiger partial charge in [0.25, 0.3) is 0 Å². The van der Waals surface area contributed by atoms with Gasteiger partial charge in [-0.25, -0.2) is 17.1 Å². The maximum atomic E-state index is 13.8. The van der Waals surface area contributed by atoms with Gasteiger partial charge in [0.1, 0.15) is 5.82 Å². The lowest BCUT2D eigenvalue weighted by atomic mass is 9.77. The van der Waals surface area contributed by atoms with Crippen LogP contribution < -0.4 is 5.32 Å². The van der Waals surface area contributed by atoms with E-state index in [1.807, 2.05) is 0 Å². The summed E-state index contributed by atoms with van der Waals surface area (Å²) in [5.41, 5.74) is -1.15. The molecule has 0 aromatic heterocycles. The Hall–Kier alpha value is -2.21. The molecule has 1 unspecified atom stereocenters. The van der Waals surface area contributed by atoms with Gasteiger partial charge >= 0.3 is 6.18 Å². The fraction of sp³-hybridized carbons (Fsp3) is 0.500. The topological polar surface area (TPSA) is 69.7 Å². The van der Waals surface area contributed by atoms with Crippen molar-refractivity contribution in [2.75, 3.05) is 39.0 Å². The number of sulfonamides is 1. The molecule has 12 heteroatoms. The van der Waals surface area contributed by atoms with Gasteiger partial charge in [-0.2, -0.15) is 13.2 Å². The molecule has 0 saturated carbocycles. The Bertz CT molecular complexity index is 1270. The highest BCUT2D eigenvalue weighted by Crippen LogP contribution is 2.34. The molecule has 1 atom stereocenters. The lowest BCUT2D eigenvalue weighted by Crippen LogP contribution is -2.45. The van der Waals surface area contributed by atoms with Crippen LogP contribution in [0.1, 0.15) is 42.0 Å². The van der Waals surface area contributed by atoms with Gasteiger partial charge in [0.2, 0.25) is 15.9 Å². The van der Waals surface area contributed by atoms with E-state index in [4.69, 9.17) is 11.6 Å². The number of hydrogen-bond donors (Lipinski definition) is 1. The molecule has 2 aromatic rings. The molecule has 38 heavy (non-hydrogen) atoms. The third-order valence-corrected chi connectivity index (χ3v) is 8.78. The fourth-order valence-electron chi connectivity index (χ4n) is 4.62. The molecule has 6 nitrogen and oxygen atoms in total. The van der Waals surface area contributed by atoms with Crippen molar-refractivity contribution in [1.82, 2.24) is 14.5 Å². The first-order chi connectivity index (χ1) is 17.6. The molecule has 1 aliphatic heterocycles. The van der Waals surface area contributed by atoms with Crippen LogP contribution in [0, 0.1) is 12.7 Å². The summed E-state index contributed by atoms with van der Waals surface area (Å²) >= 11 is 6.19. The normalized spacial score (nSPS) is 17.6. The smallest absolute Gasteiger partial charge is 0.351 e.